The zero-order chi connectivity index (χ0) is 7.61. The molecule has 0 saturated carbocycles. The van der Waals surface area contributed by atoms with Crippen molar-refractivity contribution in [3.63, 3.8) is 0 Å². The topological polar surface area (TPSA) is 50.4 Å². The van der Waals surface area contributed by atoms with Gasteiger partial charge in [0.1, 0.15) is 6.73 Å². The number of ether oxygens (including phenoxy) is 1. The van der Waals surface area contributed by atoms with Crippen LogP contribution in [0.15, 0.2) is 0 Å². The number of hydrogen-bond acceptors (Lipinski definition) is 3. The standard InChI is InChI=1S/C6H12N2O2/c1-6(2)5(9)7-3-10-4-8-6/h8H,3-4H2,1-2H3,(H,7,9). The minimum absolute atomic E-state index is 0.0231. The van der Waals surface area contributed by atoms with Gasteiger partial charge in [0.05, 0.1) is 12.3 Å². The van der Waals surface area contributed by atoms with Crippen LogP contribution >= 0.6 is 0 Å². The van der Waals surface area contributed by atoms with Crippen LogP contribution < -0.4 is 10.6 Å². The van der Waals surface area contributed by atoms with Gasteiger partial charge in [-0.25, -0.2) is 0 Å². The largest absolute Gasteiger partial charge is 0.346 e. The molecule has 0 unspecified atom stereocenters. The van der Waals surface area contributed by atoms with Crippen LogP contribution in [0.5, 0.6) is 0 Å². The first-order valence-electron chi connectivity index (χ1n) is 3.24. The van der Waals surface area contributed by atoms with E-state index in [2.05, 4.69) is 10.6 Å². The van der Waals surface area contributed by atoms with E-state index in [4.69, 9.17) is 4.74 Å². The highest BCUT2D eigenvalue weighted by Gasteiger charge is 2.28. The summed E-state index contributed by atoms with van der Waals surface area (Å²) < 4.78 is 4.96. The van der Waals surface area contributed by atoms with Gasteiger partial charge >= 0.3 is 0 Å². The highest BCUT2D eigenvalue weighted by Crippen LogP contribution is 2.02. The molecule has 1 amide bonds. The molecule has 0 radical (unpaired) electrons. The second-order valence-corrected chi connectivity index (χ2v) is 2.80. The maximum absolute atomic E-state index is 11.1. The van der Waals surface area contributed by atoms with Crippen molar-refractivity contribution < 1.29 is 9.53 Å². The summed E-state index contributed by atoms with van der Waals surface area (Å²) in [5.74, 6) is -0.0231. The average molecular weight is 144 g/mol. The van der Waals surface area contributed by atoms with Gasteiger partial charge in [-0.2, -0.15) is 0 Å². The van der Waals surface area contributed by atoms with Crippen LogP contribution in [0.25, 0.3) is 0 Å². The summed E-state index contributed by atoms with van der Waals surface area (Å²) in [6.45, 7) is 4.36. The Labute approximate surface area is 59.9 Å². The molecular weight excluding hydrogens is 132 g/mol. The first kappa shape index (κ1) is 7.50. The zero-order valence-electron chi connectivity index (χ0n) is 6.23. The second kappa shape index (κ2) is 2.56. The predicted octanol–water partition coefficient (Wildman–Crippen LogP) is -0.584. The van der Waals surface area contributed by atoms with Crippen LogP contribution in [-0.2, 0) is 9.53 Å². The molecule has 1 fully saturated rings. The Morgan fingerprint density at radius 1 is 1.50 bits per heavy atom. The number of amides is 1. The van der Waals surface area contributed by atoms with Gasteiger partial charge in [-0.3, -0.25) is 10.1 Å². The van der Waals surface area contributed by atoms with Crippen molar-refractivity contribution >= 4 is 5.91 Å². The molecule has 58 valence electrons. The lowest BCUT2D eigenvalue weighted by Crippen LogP contribution is -2.50. The molecule has 0 aromatic rings. The van der Waals surface area contributed by atoms with Crippen molar-refractivity contribution in [3.8, 4) is 0 Å². The van der Waals surface area contributed by atoms with Crippen LogP contribution in [0.3, 0.4) is 0 Å². The molecule has 0 spiro atoms. The molecule has 4 heteroatoms. The first-order valence-corrected chi connectivity index (χ1v) is 3.24. The number of carbonyl (C=O) groups is 1. The van der Waals surface area contributed by atoms with Crippen molar-refractivity contribution in [2.75, 3.05) is 13.5 Å². The van der Waals surface area contributed by atoms with E-state index in [0.29, 0.717) is 13.5 Å². The molecule has 1 rings (SSSR count). The highest BCUT2D eigenvalue weighted by atomic mass is 16.5. The van der Waals surface area contributed by atoms with E-state index in [0.717, 1.165) is 0 Å². The van der Waals surface area contributed by atoms with Crippen LogP contribution in [0, 0.1) is 0 Å². The molecular formula is C6H12N2O2. The van der Waals surface area contributed by atoms with Crippen LogP contribution in [0.4, 0.5) is 0 Å². The molecule has 1 aliphatic rings. The van der Waals surface area contributed by atoms with Gasteiger partial charge in [0.25, 0.3) is 0 Å². The number of hydrogen-bond donors (Lipinski definition) is 2. The lowest BCUT2D eigenvalue weighted by Gasteiger charge is -2.20. The molecule has 2 N–H and O–H groups in total. The SMILES string of the molecule is CC1(C)NCOCNC1=O. The van der Waals surface area contributed by atoms with Crippen molar-refractivity contribution in [2.45, 2.75) is 19.4 Å². The van der Waals surface area contributed by atoms with Crippen molar-refractivity contribution in [1.82, 2.24) is 10.6 Å². The second-order valence-electron chi connectivity index (χ2n) is 2.80. The Kier molecular flexibility index (Phi) is 1.92. The Hall–Kier alpha value is -0.610. The molecule has 0 aromatic heterocycles. The molecule has 1 heterocycles. The maximum Gasteiger partial charge on any atom is 0.241 e. The first-order chi connectivity index (χ1) is 4.63. The minimum Gasteiger partial charge on any atom is -0.346 e. The fraction of sp³-hybridized carbons (Fsp3) is 0.833. The van der Waals surface area contributed by atoms with E-state index in [9.17, 15) is 4.79 Å². The third-order valence-corrected chi connectivity index (χ3v) is 1.52. The molecule has 1 saturated heterocycles. The van der Waals surface area contributed by atoms with E-state index in [-0.39, 0.29) is 5.91 Å². The summed E-state index contributed by atoms with van der Waals surface area (Å²) in [5.41, 5.74) is -0.503. The summed E-state index contributed by atoms with van der Waals surface area (Å²) in [5, 5.41) is 5.55. The fourth-order valence-electron chi connectivity index (χ4n) is 0.700. The number of nitrogens with one attached hydrogen (secondary N) is 2. The smallest absolute Gasteiger partial charge is 0.241 e. The predicted molar refractivity (Wildman–Crippen MR) is 36.2 cm³/mol. The van der Waals surface area contributed by atoms with E-state index >= 15 is 0 Å². The van der Waals surface area contributed by atoms with Crippen LogP contribution in [0.2, 0.25) is 0 Å². The summed E-state index contributed by atoms with van der Waals surface area (Å²) in [6, 6.07) is 0. The van der Waals surface area contributed by atoms with Gasteiger partial charge in [0, 0.05) is 0 Å². The number of rotatable bonds is 0. The highest BCUT2D eigenvalue weighted by molar-refractivity contribution is 5.85. The van der Waals surface area contributed by atoms with E-state index in [1.54, 1.807) is 0 Å². The maximum atomic E-state index is 11.1. The Morgan fingerprint density at radius 2 is 2.20 bits per heavy atom. The molecule has 0 aliphatic carbocycles. The normalized spacial score (nSPS) is 25.2. The molecule has 1 aliphatic heterocycles. The zero-order valence-corrected chi connectivity index (χ0v) is 6.23. The van der Waals surface area contributed by atoms with Crippen molar-refractivity contribution in [3.05, 3.63) is 0 Å². The van der Waals surface area contributed by atoms with Gasteiger partial charge in [-0.15, -0.1) is 0 Å². The Morgan fingerprint density at radius 3 is 2.90 bits per heavy atom. The van der Waals surface area contributed by atoms with Crippen LogP contribution in [0.1, 0.15) is 13.8 Å². The summed E-state index contributed by atoms with van der Waals surface area (Å²) in [7, 11) is 0. The fourth-order valence-corrected chi connectivity index (χ4v) is 0.700. The van der Waals surface area contributed by atoms with E-state index in [1.165, 1.54) is 0 Å². The van der Waals surface area contributed by atoms with Crippen molar-refractivity contribution in [1.29, 1.82) is 0 Å². The van der Waals surface area contributed by atoms with E-state index in [1.807, 2.05) is 13.8 Å². The monoisotopic (exact) mass is 144 g/mol. The third kappa shape index (κ3) is 1.46. The molecule has 10 heavy (non-hydrogen) atoms. The molecule has 0 bridgehead atoms. The van der Waals surface area contributed by atoms with Gasteiger partial charge in [-0.1, -0.05) is 0 Å². The van der Waals surface area contributed by atoms with Gasteiger partial charge in [-0.05, 0) is 13.8 Å². The minimum atomic E-state index is -0.503. The number of carbonyl (C=O) groups excluding carboxylic acids is 1. The van der Waals surface area contributed by atoms with Gasteiger partial charge < -0.3 is 10.1 Å². The van der Waals surface area contributed by atoms with Gasteiger partial charge in [0.2, 0.25) is 5.91 Å². The summed E-state index contributed by atoms with van der Waals surface area (Å²) in [6.07, 6.45) is 0. The van der Waals surface area contributed by atoms with Gasteiger partial charge in [0.15, 0.2) is 0 Å². The average Bonchev–Trinajstić information content (AvgIpc) is 1.96. The Bertz CT molecular complexity index is 145. The summed E-state index contributed by atoms with van der Waals surface area (Å²) >= 11 is 0. The third-order valence-electron chi connectivity index (χ3n) is 1.52. The quantitative estimate of drug-likeness (QED) is 0.478. The molecule has 4 nitrogen and oxygen atoms in total. The van der Waals surface area contributed by atoms with Crippen LogP contribution in [-0.4, -0.2) is 24.9 Å². The van der Waals surface area contributed by atoms with Crippen molar-refractivity contribution in [2.24, 2.45) is 0 Å². The molecule has 0 aromatic carbocycles. The molecule has 0 atom stereocenters. The Balaban J connectivity index is 2.61. The summed E-state index contributed by atoms with van der Waals surface area (Å²) in [4.78, 5) is 11.1. The van der Waals surface area contributed by atoms with E-state index < -0.39 is 5.54 Å². The lowest BCUT2D eigenvalue weighted by atomic mass is 10.1. The lowest BCUT2D eigenvalue weighted by molar-refractivity contribution is -0.126.